The number of benzene rings is 2. The molecule has 0 radical (unpaired) electrons. The van der Waals surface area contributed by atoms with Gasteiger partial charge in [0.15, 0.2) is 0 Å². The number of methoxy groups -OCH3 is 1. The minimum Gasteiger partial charge on any atom is -0.497 e. The third-order valence-corrected chi connectivity index (χ3v) is 5.80. The Morgan fingerprint density at radius 2 is 1.74 bits per heavy atom. The van der Waals surface area contributed by atoms with Crippen molar-refractivity contribution < 1.29 is 18.5 Å². The topological polar surface area (TPSA) is 97.7 Å². The summed E-state index contributed by atoms with van der Waals surface area (Å²) in [5.74, 6) is 2.46. The highest BCUT2D eigenvalue weighted by atomic mass is 16.5. The number of carbonyl (C=O) groups excluding carboxylic acids is 1. The van der Waals surface area contributed by atoms with Crippen molar-refractivity contribution in [2.45, 2.75) is 13.0 Å². The monoisotopic (exact) mass is 459 g/mol. The van der Waals surface area contributed by atoms with Crippen LogP contribution in [0.15, 0.2) is 69.8 Å². The Morgan fingerprint density at radius 1 is 0.971 bits per heavy atom. The molecule has 9 heteroatoms. The highest BCUT2D eigenvalue weighted by Crippen LogP contribution is 2.21. The summed E-state index contributed by atoms with van der Waals surface area (Å²) in [6.45, 7) is 3.30. The molecule has 0 saturated carbocycles. The van der Waals surface area contributed by atoms with E-state index in [2.05, 4.69) is 20.0 Å². The van der Waals surface area contributed by atoms with E-state index in [1.54, 1.807) is 13.4 Å². The Hall–Kier alpha value is -3.98. The lowest BCUT2D eigenvalue weighted by atomic mass is 10.2. The maximum absolute atomic E-state index is 12.8. The zero-order valence-electron chi connectivity index (χ0n) is 18.9. The molecule has 3 heterocycles. The molecule has 0 N–H and O–H groups in total. The molecular formula is C25H25N5O4. The van der Waals surface area contributed by atoms with E-state index in [4.69, 9.17) is 13.7 Å². The van der Waals surface area contributed by atoms with Gasteiger partial charge in [0.2, 0.25) is 23.5 Å². The smallest absolute Gasteiger partial charge is 0.241 e. The molecule has 1 aliphatic rings. The highest BCUT2D eigenvalue weighted by molar-refractivity contribution is 5.78. The van der Waals surface area contributed by atoms with E-state index in [1.807, 2.05) is 59.5 Å². The maximum Gasteiger partial charge on any atom is 0.241 e. The fourth-order valence-corrected chi connectivity index (χ4v) is 3.89. The summed E-state index contributed by atoms with van der Waals surface area (Å²) in [6, 6.07) is 17.2. The van der Waals surface area contributed by atoms with Gasteiger partial charge in [0.25, 0.3) is 0 Å². The third-order valence-electron chi connectivity index (χ3n) is 5.80. The van der Waals surface area contributed by atoms with Crippen LogP contribution in [0.2, 0.25) is 0 Å². The largest absolute Gasteiger partial charge is 0.497 e. The van der Waals surface area contributed by atoms with Crippen LogP contribution in [0.5, 0.6) is 5.75 Å². The van der Waals surface area contributed by atoms with Gasteiger partial charge in [-0.2, -0.15) is 4.98 Å². The Kier molecular flexibility index (Phi) is 6.35. The molecule has 1 amide bonds. The third kappa shape index (κ3) is 4.99. The van der Waals surface area contributed by atoms with Crippen molar-refractivity contribution in [3.05, 3.63) is 72.4 Å². The number of amides is 1. The predicted octanol–water partition coefficient (Wildman–Crippen LogP) is 3.29. The van der Waals surface area contributed by atoms with Gasteiger partial charge in [0.1, 0.15) is 12.0 Å². The second kappa shape index (κ2) is 9.88. The lowest BCUT2D eigenvalue weighted by Gasteiger charge is -2.33. The molecule has 34 heavy (non-hydrogen) atoms. The number of carbonyl (C=O) groups is 1. The molecule has 2 aromatic carbocycles. The molecule has 2 aromatic heterocycles. The first-order valence-corrected chi connectivity index (χ1v) is 11.1. The number of hydrogen-bond acceptors (Lipinski definition) is 8. The van der Waals surface area contributed by atoms with E-state index >= 15 is 0 Å². The highest BCUT2D eigenvalue weighted by Gasteiger charge is 2.23. The van der Waals surface area contributed by atoms with Crippen molar-refractivity contribution in [1.82, 2.24) is 24.9 Å². The summed E-state index contributed by atoms with van der Waals surface area (Å²) < 4.78 is 16.2. The van der Waals surface area contributed by atoms with Gasteiger partial charge < -0.3 is 18.6 Å². The standard InChI is InChI=1S/C25H25N5O4/c1-32-21-9-7-18(8-10-21)24-27-22(34-28-24)16-29-11-13-30(14-12-29)23(31)15-20-17-33-25(26-20)19-5-3-2-4-6-19/h2-10,17H,11-16H2,1H3. The Labute approximate surface area is 197 Å². The van der Waals surface area contributed by atoms with Crippen LogP contribution in [-0.4, -0.2) is 64.1 Å². The molecule has 1 fully saturated rings. The summed E-state index contributed by atoms with van der Waals surface area (Å²) in [6.07, 6.45) is 1.79. The zero-order chi connectivity index (χ0) is 23.3. The molecule has 174 valence electrons. The number of rotatable bonds is 7. The van der Waals surface area contributed by atoms with Crippen LogP contribution < -0.4 is 4.74 Å². The van der Waals surface area contributed by atoms with Crippen LogP contribution >= 0.6 is 0 Å². The fourth-order valence-electron chi connectivity index (χ4n) is 3.89. The summed E-state index contributed by atoms with van der Waals surface area (Å²) >= 11 is 0. The number of nitrogens with zero attached hydrogens (tertiary/aromatic N) is 5. The molecule has 5 rings (SSSR count). The van der Waals surface area contributed by atoms with E-state index in [1.165, 1.54) is 0 Å². The van der Waals surface area contributed by atoms with Crippen molar-refractivity contribution in [2.75, 3.05) is 33.3 Å². The van der Waals surface area contributed by atoms with Crippen LogP contribution in [0.4, 0.5) is 0 Å². The van der Waals surface area contributed by atoms with Gasteiger partial charge in [-0.05, 0) is 36.4 Å². The Morgan fingerprint density at radius 3 is 2.47 bits per heavy atom. The summed E-state index contributed by atoms with van der Waals surface area (Å²) in [5, 5.41) is 4.09. The second-order valence-corrected chi connectivity index (χ2v) is 8.08. The van der Waals surface area contributed by atoms with Crippen molar-refractivity contribution in [1.29, 1.82) is 0 Å². The van der Waals surface area contributed by atoms with Crippen molar-refractivity contribution in [2.24, 2.45) is 0 Å². The molecule has 0 aliphatic carbocycles. The number of ether oxygens (including phenoxy) is 1. The number of aromatic nitrogens is 3. The van der Waals surface area contributed by atoms with Crippen LogP contribution in [0.25, 0.3) is 22.8 Å². The lowest BCUT2D eigenvalue weighted by molar-refractivity contribution is -0.132. The van der Waals surface area contributed by atoms with Gasteiger partial charge in [-0.3, -0.25) is 9.69 Å². The van der Waals surface area contributed by atoms with Gasteiger partial charge >= 0.3 is 0 Å². The van der Waals surface area contributed by atoms with Crippen molar-refractivity contribution in [3.63, 3.8) is 0 Å². The molecule has 1 saturated heterocycles. The van der Waals surface area contributed by atoms with Gasteiger partial charge in [-0.15, -0.1) is 0 Å². The normalized spacial score (nSPS) is 14.3. The van der Waals surface area contributed by atoms with Crippen LogP contribution in [0.1, 0.15) is 11.6 Å². The average molecular weight is 460 g/mol. The fraction of sp³-hybridized carbons (Fsp3) is 0.280. The molecule has 1 aliphatic heterocycles. The molecule has 4 aromatic rings. The van der Waals surface area contributed by atoms with E-state index in [0.717, 1.165) is 30.0 Å². The summed E-state index contributed by atoms with van der Waals surface area (Å²) in [4.78, 5) is 25.8. The minimum atomic E-state index is 0.0483. The average Bonchev–Trinajstić information content (AvgIpc) is 3.55. The minimum absolute atomic E-state index is 0.0483. The maximum atomic E-state index is 12.8. The summed E-state index contributed by atoms with van der Waals surface area (Å²) in [5.41, 5.74) is 2.41. The first-order valence-electron chi connectivity index (χ1n) is 11.1. The lowest BCUT2D eigenvalue weighted by Crippen LogP contribution is -2.48. The van der Waals surface area contributed by atoms with Crippen molar-refractivity contribution >= 4 is 5.91 Å². The molecule has 0 unspecified atom stereocenters. The first kappa shape index (κ1) is 21.8. The SMILES string of the molecule is COc1ccc(-c2noc(CN3CCN(C(=O)Cc4coc(-c5ccccc5)n4)CC3)n2)cc1. The molecule has 0 bridgehead atoms. The van der Waals surface area contributed by atoms with E-state index in [-0.39, 0.29) is 12.3 Å². The number of piperazine rings is 1. The van der Waals surface area contributed by atoms with Gasteiger partial charge in [-0.25, -0.2) is 4.98 Å². The zero-order valence-corrected chi connectivity index (χ0v) is 18.9. The quantitative estimate of drug-likeness (QED) is 0.415. The number of oxazole rings is 1. The van der Waals surface area contributed by atoms with Gasteiger partial charge in [-0.1, -0.05) is 23.4 Å². The number of hydrogen-bond donors (Lipinski definition) is 0. The van der Waals surface area contributed by atoms with E-state index in [0.29, 0.717) is 42.9 Å². The Balaban J connectivity index is 1.11. The second-order valence-electron chi connectivity index (χ2n) is 8.08. The van der Waals surface area contributed by atoms with E-state index in [9.17, 15) is 4.79 Å². The van der Waals surface area contributed by atoms with E-state index < -0.39 is 0 Å². The van der Waals surface area contributed by atoms with Crippen LogP contribution in [0, 0.1) is 0 Å². The van der Waals surface area contributed by atoms with Crippen molar-refractivity contribution in [3.8, 4) is 28.6 Å². The molecular weight excluding hydrogens is 434 g/mol. The molecule has 9 nitrogen and oxygen atoms in total. The Bertz CT molecular complexity index is 1230. The van der Waals surface area contributed by atoms with Gasteiger partial charge in [0.05, 0.1) is 25.8 Å². The van der Waals surface area contributed by atoms with Gasteiger partial charge in [0, 0.05) is 37.3 Å². The summed E-state index contributed by atoms with van der Waals surface area (Å²) in [7, 11) is 1.63. The van der Waals surface area contributed by atoms with Crippen LogP contribution in [-0.2, 0) is 17.8 Å². The predicted molar refractivity (Wildman–Crippen MR) is 124 cm³/mol. The van der Waals surface area contributed by atoms with Crippen LogP contribution in [0.3, 0.4) is 0 Å². The molecule has 0 atom stereocenters. The first-order chi connectivity index (χ1) is 16.7. The molecule has 0 spiro atoms.